The van der Waals surface area contributed by atoms with Gasteiger partial charge in [-0.05, 0) is 13.8 Å². The Morgan fingerprint density at radius 3 is 3.18 bits per heavy atom. The molecule has 5 heteroatoms. The Hall–Kier alpha value is -1.36. The quantitative estimate of drug-likeness (QED) is 0.794. The Labute approximate surface area is 102 Å². The molecule has 0 radical (unpaired) electrons. The Bertz CT molecular complexity index is 411. The monoisotopic (exact) mass is 236 g/mol. The molecule has 2 N–H and O–H groups in total. The maximum absolute atomic E-state index is 11.5. The summed E-state index contributed by atoms with van der Waals surface area (Å²) in [6.45, 7) is 7.23. The summed E-state index contributed by atoms with van der Waals surface area (Å²) in [6.07, 6.45) is 1.54. The van der Waals surface area contributed by atoms with Gasteiger partial charge in [-0.3, -0.25) is 4.79 Å². The van der Waals surface area contributed by atoms with Crippen molar-refractivity contribution in [1.82, 2.24) is 20.2 Å². The fourth-order valence-corrected chi connectivity index (χ4v) is 2.30. The van der Waals surface area contributed by atoms with Gasteiger partial charge in [0.1, 0.15) is 5.82 Å². The van der Waals surface area contributed by atoms with Gasteiger partial charge in [-0.25, -0.2) is 4.98 Å². The number of amides is 1. The number of carbonyl (C=O) groups is 1. The van der Waals surface area contributed by atoms with Crippen molar-refractivity contribution in [3.05, 3.63) is 17.2 Å². The van der Waals surface area contributed by atoms with Gasteiger partial charge in [0.05, 0.1) is 5.69 Å². The van der Waals surface area contributed by atoms with Crippen molar-refractivity contribution in [1.29, 1.82) is 0 Å². The summed E-state index contributed by atoms with van der Waals surface area (Å²) < 4.78 is 2.19. The lowest BCUT2D eigenvalue weighted by molar-refractivity contribution is -0.121. The minimum Gasteiger partial charge on any atom is -0.356 e. The number of fused-ring (bicyclic) bond motifs is 1. The summed E-state index contributed by atoms with van der Waals surface area (Å²) in [5.74, 6) is 1.13. The minimum absolute atomic E-state index is 0.114. The molecule has 0 aromatic carbocycles. The van der Waals surface area contributed by atoms with E-state index in [1.807, 2.05) is 13.8 Å². The first kappa shape index (κ1) is 12.1. The fourth-order valence-electron chi connectivity index (χ4n) is 2.30. The highest BCUT2D eigenvalue weighted by atomic mass is 16.1. The number of imidazole rings is 1. The molecule has 94 valence electrons. The van der Waals surface area contributed by atoms with E-state index in [9.17, 15) is 4.79 Å². The lowest BCUT2D eigenvalue weighted by Crippen LogP contribution is -2.27. The highest BCUT2D eigenvalue weighted by molar-refractivity contribution is 5.75. The number of nitrogens with one attached hydrogen (secondary N) is 2. The average molecular weight is 236 g/mol. The smallest absolute Gasteiger partial charge is 0.221 e. The molecule has 17 heavy (non-hydrogen) atoms. The predicted octanol–water partition coefficient (Wildman–Crippen LogP) is 0.363. The van der Waals surface area contributed by atoms with E-state index in [0.717, 1.165) is 37.6 Å². The maximum Gasteiger partial charge on any atom is 0.221 e. The first-order valence-corrected chi connectivity index (χ1v) is 6.24. The van der Waals surface area contributed by atoms with Crippen LogP contribution in [0.4, 0.5) is 0 Å². The molecule has 2 heterocycles. The van der Waals surface area contributed by atoms with Gasteiger partial charge in [0.2, 0.25) is 5.91 Å². The van der Waals surface area contributed by atoms with Gasteiger partial charge in [-0.15, -0.1) is 0 Å². The zero-order valence-electron chi connectivity index (χ0n) is 10.5. The topological polar surface area (TPSA) is 59.0 Å². The van der Waals surface area contributed by atoms with Gasteiger partial charge in [0.25, 0.3) is 0 Å². The molecule has 0 saturated carbocycles. The molecule has 1 aromatic rings. The van der Waals surface area contributed by atoms with Gasteiger partial charge >= 0.3 is 0 Å². The van der Waals surface area contributed by atoms with E-state index < -0.39 is 0 Å². The van der Waals surface area contributed by atoms with Crippen LogP contribution in [-0.2, 0) is 24.3 Å². The van der Waals surface area contributed by atoms with Crippen LogP contribution in [0.2, 0.25) is 0 Å². The SMILES string of the molecule is CCNC(=O)CCn1c(C)nc2c1CCNC2. The Morgan fingerprint density at radius 2 is 2.41 bits per heavy atom. The molecule has 1 amide bonds. The summed E-state index contributed by atoms with van der Waals surface area (Å²) in [7, 11) is 0. The van der Waals surface area contributed by atoms with Crippen LogP contribution in [-0.4, -0.2) is 28.5 Å². The number of rotatable bonds is 4. The van der Waals surface area contributed by atoms with Gasteiger partial charge in [-0.1, -0.05) is 0 Å². The van der Waals surface area contributed by atoms with E-state index in [1.54, 1.807) is 0 Å². The highest BCUT2D eigenvalue weighted by Crippen LogP contribution is 2.15. The second kappa shape index (κ2) is 5.31. The number of hydrogen-bond donors (Lipinski definition) is 2. The van der Waals surface area contributed by atoms with E-state index in [-0.39, 0.29) is 5.91 Å². The van der Waals surface area contributed by atoms with E-state index in [4.69, 9.17) is 0 Å². The molecular formula is C12H20N4O. The number of nitrogens with zero attached hydrogens (tertiary/aromatic N) is 2. The Kier molecular flexibility index (Phi) is 3.78. The van der Waals surface area contributed by atoms with Crippen molar-refractivity contribution in [3.8, 4) is 0 Å². The second-order valence-corrected chi connectivity index (χ2v) is 4.33. The number of aryl methyl sites for hydroxylation is 1. The van der Waals surface area contributed by atoms with Crippen molar-refractivity contribution < 1.29 is 4.79 Å². The van der Waals surface area contributed by atoms with Crippen LogP contribution in [0.3, 0.4) is 0 Å². The van der Waals surface area contributed by atoms with Crippen LogP contribution in [0.25, 0.3) is 0 Å². The van der Waals surface area contributed by atoms with Gasteiger partial charge in [-0.2, -0.15) is 0 Å². The first-order chi connectivity index (χ1) is 8.22. The summed E-state index contributed by atoms with van der Waals surface area (Å²) in [5.41, 5.74) is 2.44. The van der Waals surface area contributed by atoms with Gasteiger partial charge in [0.15, 0.2) is 0 Å². The molecule has 0 bridgehead atoms. The second-order valence-electron chi connectivity index (χ2n) is 4.33. The standard InChI is InChI=1S/C12H20N4O/c1-3-14-12(17)5-7-16-9(2)15-10-8-13-6-4-11(10)16/h13H,3-8H2,1-2H3,(H,14,17). The van der Waals surface area contributed by atoms with Crippen LogP contribution in [0.15, 0.2) is 0 Å². The molecule has 5 nitrogen and oxygen atoms in total. The zero-order valence-corrected chi connectivity index (χ0v) is 10.5. The highest BCUT2D eigenvalue weighted by Gasteiger charge is 2.17. The maximum atomic E-state index is 11.5. The first-order valence-electron chi connectivity index (χ1n) is 6.24. The fraction of sp³-hybridized carbons (Fsp3) is 0.667. The molecule has 0 unspecified atom stereocenters. The molecule has 1 aliphatic heterocycles. The average Bonchev–Trinajstić information content (AvgIpc) is 2.62. The number of hydrogen-bond acceptors (Lipinski definition) is 3. The van der Waals surface area contributed by atoms with Crippen LogP contribution in [0.5, 0.6) is 0 Å². The molecule has 0 saturated heterocycles. The number of aromatic nitrogens is 2. The molecule has 0 spiro atoms. The minimum atomic E-state index is 0.114. The van der Waals surface area contributed by atoms with Crippen LogP contribution < -0.4 is 10.6 Å². The zero-order chi connectivity index (χ0) is 12.3. The van der Waals surface area contributed by atoms with Gasteiger partial charge in [0, 0.05) is 44.7 Å². The van der Waals surface area contributed by atoms with Crippen molar-refractivity contribution in [2.24, 2.45) is 0 Å². The van der Waals surface area contributed by atoms with E-state index in [2.05, 4.69) is 20.2 Å². The van der Waals surface area contributed by atoms with Crippen LogP contribution in [0, 0.1) is 6.92 Å². The summed E-state index contributed by atoms with van der Waals surface area (Å²) in [5, 5.41) is 6.13. The molecule has 1 aliphatic rings. The predicted molar refractivity (Wildman–Crippen MR) is 65.7 cm³/mol. The van der Waals surface area contributed by atoms with E-state index in [0.29, 0.717) is 13.0 Å². The summed E-state index contributed by atoms with van der Waals surface area (Å²) >= 11 is 0. The third-order valence-corrected chi connectivity index (χ3v) is 3.11. The third-order valence-electron chi connectivity index (χ3n) is 3.11. The molecule has 0 aliphatic carbocycles. The van der Waals surface area contributed by atoms with Gasteiger partial charge < -0.3 is 15.2 Å². The summed E-state index contributed by atoms with van der Waals surface area (Å²) in [4.78, 5) is 16.0. The van der Waals surface area contributed by atoms with Crippen LogP contribution >= 0.6 is 0 Å². The van der Waals surface area contributed by atoms with E-state index >= 15 is 0 Å². The third kappa shape index (κ3) is 2.66. The molecular weight excluding hydrogens is 216 g/mol. The Balaban J connectivity index is 2.05. The molecule has 1 aromatic heterocycles. The molecule has 2 rings (SSSR count). The van der Waals surface area contributed by atoms with E-state index in [1.165, 1.54) is 5.69 Å². The lowest BCUT2D eigenvalue weighted by atomic mass is 10.2. The van der Waals surface area contributed by atoms with Crippen molar-refractivity contribution in [2.45, 2.75) is 39.8 Å². The molecule has 0 fully saturated rings. The van der Waals surface area contributed by atoms with Crippen molar-refractivity contribution >= 4 is 5.91 Å². The Morgan fingerprint density at radius 1 is 1.59 bits per heavy atom. The summed E-state index contributed by atoms with van der Waals surface area (Å²) in [6, 6.07) is 0. The van der Waals surface area contributed by atoms with Crippen molar-refractivity contribution in [2.75, 3.05) is 13.1 Å². The largest absolute Gasteiger partial charge is 0.356 e. The normalized spacial score (nSPS) is 14.5. The number of carbonyl (C=O) groups excluding carboxylic acids is 1. The lowest BCUT2D eigenvalue weighted by Gasteiger charge is -2.15. The van der Waals surface area contributed by atoms with Crippen LogP contribution in [0.1, 0.15) is 30.6 Å². The van der Waals surface area contributed by atoms with Crippen molar-refractivity contribution in [3.63, 3.8) is 0 Å². The molecule has 0 atom stereocenters.